The number of hydrogen-bond acceptors (Lipinski definition) is 8. The molecule has 10 nitrogen and oxygen atoms in total. The van der Waals surface area contributed by atoms with Gasteiger partial charge in [0.25, 0.3) is 17.5 Å². The number of nitrogens with one attached hydrogen (secondary N) is 1. The third kappa shape index (κ3) is 5.23. The number of aryl methyl sites for hydroxylation is 1. The first kappa shape index (κ1) is 20.3. The number of non-ortho nitro benzene ring substituents is 1. The average molecular weight is 397 g/mol. The molecule has 0 aliphatic carbocycles. The lowest BCUT2D eigenvalue weighted by Gasteiger charge is -2.20. The smallest absolute Gasteiger partial charge is 0.329 e. The van der Waals surface area contributed by atoms with Gasteiger partial charge in [-0.1, -0.05) is 25.4 Å². The van der Waals surface area contributed by atoms with Gasteiger partial charge in [-0.05, 0) is 12.0 Å². The summed E-state index contributed by atoms with van der Waals surface area (Å²) in [4.78, 5) is 34.9. The van der Waals surface area contributed by atoms with E-state index in [1.807, 2.05) is 0 Å². The second kappa shape index (κ2) is 8.58. The minimum Gasteiger partial charge on any atom is -0.454 e. The lowest BCUT2D eigenvalue weighted by molar-refractivity contribution is -0.384. The summed E-state index contributed by atoms with van der Waals surface area (Å²) in [5.41, 5.74) is -0.237. The van der Waals surface area contributed by atoms with Crippen LogP contribution in [0.5, 0.6) is 0 Å². The van der Waals surface area contributed by atoms with Crippen LogP contribution in [0, 0.1) is 23.0 Å². The second-order valence-electron chi connectivity index (χ2n) is 5.94. The topological polar surface area (TPSA) is 137 Å². The van der Waals surface area contributed by atoms with Crippen LogP contribution in [-0.2, 0) is 16.1 Å². The van der Waals surface area contributed by atoms with Gasteiger partial charge in [-0.2, -0.15) is 0 Å². The normalized spacial score (nSPS) is 11.9. The maximum Gasteiger partial charge on any atom is 0.329 e. The molecule has 1 N–H and O–H groups in total. The van der Waals surface area contributed by atoms with Crippen molar-refractivity contribution in [3.63, 3.8) is 0 Å². The van der Waals surface area contributed by atoms with E-state index in [0.29, 0.717) is 5.89 Å². The van der Waals surface area contributed by atoms with E-state index in [1.54, 1.807) is 20.8 Å². The van der Waals surface area contributed by atoms with Gasteiger partial charge in [0, 0.05) is 19.1 Å². The lowest BCUT2D eigenvalue weighted by atomic mass is 10.0. The fraction of sp³-hybridized carbons (Fsp3) is 0.375. The van der Waals surface area contributed by atoms with Crippen LogP contribution in [0.25, 0.3) is 0 Å². The van der Waals surface area contributed by atoms with E-state index in [0.717, 1.165) is 12.1 Å². The third-order valence-corrected chi connectivity index (χ3v) is 3.83. The zero-order chi connectivity index (χ0) is 20.1. The molecule has 1 aromatic carbocycles. The molecule has 0 aliphatic heterocycles. The molecule has 0 spiro atoms. The molecule has 27 heavy (non-hydrogen) atoms. The summed E-state index contributed by atoms with van der Waals surface area (Å²) in [6, 6.07) is 2.48. The number of hydrogen-bond donors (Lipinski definition) is 1. The van der Waals surface area contributed by atoms with Gasteiger partial charge in [0.2, 0.25) is 5.89 Å². The molecule has 0 radical (unpaired) electrons. The molecule has 0 saturated carbocycles. The minimum absolute atomic E-state index is 0.00763. The Morgan fingerprint density at radius 3 is 2.59 bits per heavy atom. The van der Waals surface area contributed by atoms with Gasteiger partial charge in [-0.3, -0.25) is 14.9 Å². The van der Waals surface area contributed by atoms with Crippen molar-refractivity contribution in [3.8, 4) is 0 Å². The molecular formula is C16H17ClN4O6. The van der Waals surface area contributed by atoms with E-state index >= 15 is 0 Å². The fourth-order valence-electron chi connectivity index (χ4n) is 2.14. The first-order chi connectivity index (χ1) is 12.7. The number of ether oxygens (including phenoxy) is 1. The van der Waals surface area contributed by atoms with Crippen molar-refractivity contribution in [3.05, 3.63) is 50.7 Å². The first-order valence-electron chi connectivity index (χ1n) is 7.89. The SMILES string of the molecule is Cc1nnc(COC(=O)C(NC(=O)c2ccc([N+](=O)[O-])cc2Cl)C(C)C)o1. The molecule has 1 atom stereocenters. The molecule has 0 aliphatic rings. The summed E-state index contributed by atoms with van der Waals surface area (Å²) in [5.74, 6) is -1.16. The van der Waals surface area contributed by atoms with E-state index < -0.39 is 22.8 Å². The second-order valence-corrected chi connectivity index (χ2v) is 6.35. The predicted octanol–water partition coefficient (Wildman–Crippen LogP) is 2.44. The molecule has 1 heterocycles. The lowest BCUT2D eigenvalue weighted by Crippen LogP contribution is -2.45. The quantitative estimate of drug-likeness (QED) is 0.427. The number of nitrogens with zero attached hydrogens (tertiary/aromatic N) is 3. The first-order valence-corrected chi connectivity index (χ1v) is 8.27. The van der Waals surface area contributed by atoms with Crippen LogP contribution >= 0.6 is 11.6 Å². The Hall–Kier alpha value is -3.01. The van der Waals surface area contributed by atoms with Crippen molar-refractivity contribution >= 4 is 29.2 Å². The highest BCUT2D eigenvalue weighted by atomic mass is 35.5. The number of nitro groups is 1. The van der Waals surface area contributed by atoms with Gasteiger partial charge in [0.05, 0.1) is 15.5 Å². The predicted molar refractivity (Wildman–Crippen MR) is 93.0 cm³/mol. The maximum absolute atomic E-state index is 12.4. The highest BCUT2D eigenvalue weighted by molar-refractivity contribution is 6.34. The van der Waals surface area contributed by atoms with Gasteiger partial charge in [0.15, 0.2) is 6.61 Å². The van der Waals surface area contributed by atoms with Gasteiger partial charge in [0.1, 0.15) is 6.04 Å². The van der Waals surface area contributed by atoms with E-state index in [9.17, 15) is 19.7 Å². The van der Waals surface area contributed by atoms with E-state index in [4.69, 9.17) is 20.8 Å². The van der Waals surface area contributed by atoms with Crippen LogP contribution in [-0.4, -0.2) is 33.0 Å². The number of carbonyl (C=O) groups excluding carboxylic acids is 2. The number of benzene rings is 1. The van der Waals surface area contributed by atoms with Crippen molar-refractivity contribution in [2.45, 2.75) is 33.4 Å². The number of carbonyl (C=O) groups is 2. The molecule has 1 amide bonds. The monoisotopic (exact) mass is 396 g/mol. The Morgan fingerprint density at radius 1 is 1.37 bits per heavy atom. The van der Waals surface area contributed by atoms with Crippen LogP contribution in [0.4, 0.5) is 5.69 Å². The van der Waals surface area contributed by atoms with Gasteiger partial charge in [-0.15, -0.1) is 10.2 Å². The summed E-state index contributed by atoms with van der Waals surface area (Å²) in [7, 11) is 0. The Bertz CT molecular complexity index is 866. The van der Waals surface area contributed by atoms with Crippen molar-refractivity contribution in [2.75, 3.05) is 0 Å². The summed E-state index contributed by atoms with van der Waals surface area (Å²) >= 11 is 5.95. The molecule has 0 fully saturated rings. The fourth-order valence-corrected chi connectivity index (χ4v) is 2.40. The molecule has 144 valence electrons. The molecule has 11 heteroatoms. The molecule has 2 aromatic rings. The van der Waals surface area contributed by atoms with E-state index in [1.165, 1.54) is 6.07 Å². The van der Waals surface area contributed by atoms with Crippen LogP contribution in [0.3, 0.4) is 0 Å². The molecule has 2 rings (SSSR count). The molecule has 1 unspecified atom stereocenters. The van der Waals surface area contributed by atoms with Crippen LogP contribution < -0.4 is 5.32 Å². The number of nitro benzene ring substituents is 1. The van der Waals surface area contributed by atoms with Crippen molar-refractivity contribution in [1.29, 1.82) is 0 Å². The maximum atomic E-state index is 12.4. The van der Waals surface area contributed by atoms with E-state index in [-0.39, 0.29) is 34.7 Å². The average Bonchev–Trinajstić information content (AvgIpc) is 3.02. The zero-order valence-corrected chi connectivity index (χ0v) is 15.5. The van der Waals surface area contributed by atoms with E-state index in [2.05, 4.69) is 15.5 Å². The van der Waals surface area contributed by atoms with Gasteiger partial charge >= 0.3 is 5.97 Å². The summed E-state index contributed by atoms with van der Waals surface area (Å²) in [6.45, 7) is 4.82. The van der Waals surface area contributed by atoms with Gasteiger partial charge in [-0.25, -0.2) is 4.79 Å². The summed E-state index contributed by atoms with van der Waals surface area (Å²) in [5, 5.41) is 20.5. The standard InChI is InChI=1S/C16H17ClN4O6/c1-8(2)14(16(23)26-7-13-20-19-9(3)27-13)18-15(22)11-5-4-10(21(24)25)6-12(11)17/h4-6,8,14H,7H2,1-3H3,(H,18,22). The number of amides is 1. The highest BCUT2D eigenvalue weighted by Gasteiger charge is 2.27. The number of aromatic nitrogens is 2. The zero-order valence-electron chi connectivity index (χ0n) is 14.8. The molecular weight excluding hydrogens is 380 g/mol. The van der Waals surface area contributed by atoms with Crippen molar-refractivity contribution in [2.24, 2.45) is 5.92 Å². The Labute approximate surface area is 159 Å². The number of rotatable bonds is 7. The molecule has 1 aromatic heterocycles. The number of esters is 1. The van der Waals surface area contributed by atoms with Gasteiger partial charge < -0.3 is 14.5 Å². The Kier molecular flexibility index (Phi) is 6.45. The summed E-state index contributed by atoms with van der Waals surface area (Å²) in [6.07, 6.45) is 0. The van der Waals surface area contributed by atoms with Crippen LogP contribution in [0.1, 0.15) is 36.0 Å². The largest absolute Gasteiger partial charge is 0.454 e. The molecule has 0 saturated heterocycles. The molecule has 0 bridgehead atoms. The van der Waals surface area contributed by atoms with Crippen LogP contribution in [0.15, 0.2) is 22.6 Å². The minimum atomic E-state index is -0.965. The van der Waals surface area contributed by atoms with Crippen molar-refractivity contribution < 1.29 is 23.7 Å². The van der Waals surface area contributed by atoms with Crippen LogP contribution in [0.2, 0.25) is 5.02 Å². The summed E-state index contributed by atoms with van der Waals surface area (Å²) < 4.78 is 10.2. The Morgan fingerprint density at radius 2 is 2.07 bits per heavy atom. The third-order valence-electron chi connectivity index (χ3n) is 3.52. The van der Waals surface area contributed by atoms with Crippen molar-refractivity contribution in [1.82, 2.24) is 15.5 Å². The highest BCUT2D eigenvalue weighted by Crippen LogP contribution is 2.22. The number of halogens is 1. The Balaban J connectivity index is 2.07.